The fourth-order valence-electron chi connectivity index (χ4n) is 3.96. The molecule has 0 radical (unpaired) electrons. The maximum Gasteiger partial charge on any atom is 0.223 e. The van der Waals surface area contributed by atoms with Crippen molar-refractivity contribution in [3.05, 3.63) is 30.1 Å². The van der Waals surface area contributed by atoms with Gasteiger partial charge < -0.3 is 14.4 Å². The molecule has 0 bridgehead atoms. The molecule has 5 heteroatoms. The fourth-order valence-corrected chi connectivity index (χ4v) is 3.96. The van der Waals surface area contributed by atoms with Crippen LogP contribution in [0.4, 0.5) is 0 Å². The Morgan fingerprint density at radius 2 is 2.46 bits per heavy atom. The number of pyridine rings is 1. The maximum atomic E-state index is 12.6. The van der Waals surface area contributed by atoms with Crippen LogP contribution in [0, 0.1) is 5.92 Å². The standard InChI is InChI=1S/C19H28N2O3/c1-23-11-7-17-12-19(24-14-17)8-3-10-21(15-19)18(22)6-5-16-4-2-9-20-13-16/h2,4,9,13,17H,3,5-8,10-12,14-15H2,1H3. The zero-order valence-electron chi connectivity index (χ0n) is 14.6. The zero-order chi connectivity index (χ0) is 16.8. The van der Waals surface area contributed by atoms with Crippen molar-refractivity contribution in [2.45, 2.75) is 44.1 Å². The summed E-state index contributed by atoms with van der Waals surface area (Å²) in [4.78, 5) is 18.7. The summed E-state index contributed by atoms with van der Waals surface area (Å²) in [6.07, 6.45) is 9.12. The lowest BCUT2D eigenvalue weighted by molar-refractivity contribution is -0.139. The molecule has 2 aliphatic rings. The van der Waals surface area contributed by atoms with Crippen LogP contribution in [0.25, 0.3) is 0 Å². The first-order valence-electron chi connectivity index (χ1n) is 9.00. The molecular formula is C19H28N2O3. The summed E-state index contributed by atoms with van der Waals surface area (Å²) in [6.45, 7) is 3.21. The molecule has 24 heavy (non-hydrogen) atoms. The number of carbonyl (C=O) groups is 1. The minimum Gasteiger partial charge on any atom is -0.385 e. The molecule has 2 unspecified atom stereocenters. The van der Waals surface area contributed by atoms with Gasteiger partial charge in [-0.3, -0.25) is 9.78 Å². The second-order valence-electron chi connectivity index (χ2n) is 7.13. The van der Waals surface area contributed by atoms with Crippen molar-refractivity contribution in [2.75, 3.05) is 33.4 Å². The van der Waals surface area contributed by atoms with Gasteiger partial charge in [0, 0.05) is 45.6 Å². The highest BCUT2D eigenvalue weighted by molar-refractivity contribution is 5.76. The number of hydrogen-bond donors (Lipinski definition) is 0. The molecule has 1 amide bonds. The minimum atomic E-state index is -0.110. The molecule has 0 aliphatic carbocycles. The smallest absolute Gasteiger partial charge is 0.223 e. The van der Waals surface area contributed by atoms with Crippen molar-refractivity contribution in [1.82, 2.24) is 9.88 Å². The van der Waals surface area contributed by atoms with Crippen LogP contribution in [0.15, 0.2) is 24.5 Å². The van der Waals surface area contributed by atoms with E-state index in [1.807, 2.05) is 23.2 Å². The molecule has 132 valence electrons. The van der Waals surface area contributed by atoms with E-state index in [-0.39, 0.29) is 11.5 Å². The molecule has 2 saturated heterocycles. The first-order chi connectivity index (χ1) is 11.7. The number of aromatic nitrogens is 1. The molecule has 0 N–H and O–H groups in total. The number of likely N-dealkylation sites (tertiary alicyclic amines) is 1. The molecule has 3 heterocycles. The van der Waals surface area contributed by atoms with Crippen molar-refractivity contribution in [3.63, 3.8) is 0 Å². The van der Waals surface area contributed by atoms with E-state index in [0.29, 0.717) is 12.3 Å². The zero-order valence-corrected chi connectivity index (χ0v) is 14.6. The van der Waals surface area contributed by atoms with Gasteiger partial charge in [-0.05, 0) is 49.7 Å². The largest absolute Gasteiger partial charge is 0.385 e. The normalized spacial score (nSPS) is 26.9. The summed E-state index contributed by atoms with van der Waals surface area (Å²) in [5.41, 5.74) is 1.01. The molecule has 0 saturated carbocycles. The Morgan fingerprint density at radius 1 is 1.54 bits per heavy atom. The lowest BCUT2D eigenvalue weighted by atomic mass is 9.85. The Morgan fingerprint density at radius 3 is 3.25 bits per heavy atom. The topological polar surface area (TPSA) is 51.7 Å². The van der Waals surface area contributed by atoms with E-state index < -0.39 is 0 Å². The highest BCUT2D eigenvalue weighted by Crippen LogP contribution is 2.38. The van der Waals surface area contributed by atoms with Gasteiger partial charge in [-0.1, -0.05) is 6.07 Å². The second kappa shape index (κ2) is 8.08. The Balaban J connectivity index is 1.51. The van der Waals surface area contributed by atoms with Gasteiger partial charge >= 0.3 is 0 Å². The van der Waals surface area contributed by atoms with Gasteiger partial charge in [-0.25, -0.2) is 0 Å². The van der Waals surface area contributed by atoms with Gasteiger partial charge in [-0.15, -0.1) is 0 Å². The van der Waals surface area contributed by atoms with Gasteiger partial charge in [0.05, 0.1) is 12.2 Å². The third-order valence-corrected chi connectivity index (χ3v) is 5.26. The summed E-state index contributed by atoms with van der Waals surface area (Å²) in [6, 6.07) is 3.95. The van der Waals surface area contributed by atoms with Gasteiger partial charge in [0.25, 0.3) is 0 Å². The molecule has 1 aromatic heterocycles. The summed E-state index contributed by atoms with van der Waals surface area (Å²) in [7, 11) is 1.74. The fraction of sp³-hybridized carbons (Fsp3) is 0.684. The van der Waals surface area contributed by atoms with Crippen LogP contribution in [0.2, 0.25) is 0 Å². The first-order valence-corrected chi connectivity index (χ1v) is 9.00. The average Bonchev–Trinajstić information content (AvgIpc) is 3.01. The molecule has 0 aromatic carbocycles. The van der Waals surface area contributed by atoms with Crippen LogP contribution in [0.1, 0.15) is 37.7 Å². The first kappa shape index (κ1) is 17.4. The number of rotatable bonds is 6. The van der Waals surface area contributed by atoms with Gasteiger partial charge in [0.2, 0.25) is 5.91 Å². The second-order valence-corrected chi connectivity index (χ2v) is 7.13. The highest BCUT2D eigenvalue weighted by Gasteiger charge is 2.44. The van der Waals surface area contributed by atoms with Gasteiger partial charge in [-0.2, -0.15) is 0 Å². The number of aryl methyl sites for hydroxylation is 1. The molecule has 3 rings (SSSR count). The summed E-state index contributed by atoms with van der Waals surface area (Å²) in [5, 5.41) is 0. The number of ether oxygens (including phenoxy) is 2. The number of amides is 1. The monoisotopic (exact) mass is 332 g/mol. The van der Waals surface area contributed by atoms with E-state index in [2.05, 4.69) is 4.98 Å². The molecule has 1 spiro atoms. The molecule has 1 aromatic rings. The molecule has 2 atom stereocenters. The van der Waals surface area contributed by atoms with Crippen LogP contribution in [-0.2, 0) is 20.7 Å². The molecule has 5 nitrogen and oxygen atoms in total. The van der Waals surface area contributed by atoms with Crippen LogP contribution in [0.5, 0.6) is 0 Å². The van der Waals surface area contributed by atoms with Crippen molar-refractivity contribution < 1.29 is 14.3 Å². The Bertz CT molecular complexity index is 537. The van der Waals surface area contributed by atoms with E-state index in [4.69, 9.17) is 9.47 Å². The third kappa shape index (κ3) is 4.33. The van der Waals surface area contributed by atoms with Crippen molar-refractivity contribution in [2.24, 2.45) is 5.92 Å². The average molecular weight is 332 g/mol. The highest BCUT2D eigenvalue weighted by atomic mass is 16.5. The van der Waals surface area contributed by atoms with E-state index in [1.165, 1.54) is 0 Å². The van der Waals surface area contributed by atoms with E-state index >= 15 is 0 Å². The number of hydrogen-bond acceptors (Lipinski definition) is 4. The van der Waals surface area contributed by atoms with Gasteiger partial charge in [0.1, 0.15) is 0 Å². The lowest BCUT2D eigenvalue weighted by Crippen LogP contribution is -2.50. The van der Waals surface area contributed by atoms with Crippen LogP contribution in [-0.4, -0.2) is 54.8 Å². The molecular weight excluding hydrogens is 304 g/mol. The number of piperidine rings is 1. The van der Waals surface area contributed by atoms with Crippen LogP contribution in [0.3, 0.4) is 0 Å². The number of nitrogens with zero attached hydrogens (tertiary/aromatic N) is 2. The number of methoxy groups -OCH3 is 1. The van der Waals surface area contributed by atoms with E-state index in [0.717, 1.165) is 64.0 Å². The maximum absolute atomic E-state index is 12.6. The summed E-state index contributed by atoms with van der Waals surface area (Å²) >= 11 is 0. The lowest BCUT2D eigenvalue weighted by Gasteiger charge is -2.40. The third-order valence-electron chi connectivity index (χ3n) is 5.26. The van der Waals surface area contributed by atoms with E-state index in [9.17, 15) is 4.79 Å². The number of carbonyl (C=O) groups excluding carboxylic acids is 1. The predicted octanol–water partition coefficient (Wildman–Crippen LogP) is 2.45. The summed E-state index contributed by atoms with van der Waals surface area (Å²) < 4.78 is 11.4. The van der Waals surface area contributed by atoms with Crippen LogP contribution >= 0.6 is 0 Å². The predicted molar refractivity (Wildman–Crippen MR) is 91.7 cm³/mol. The Labute approximate surface area is 144 Å². The molecule has 2 aliphatic heterocycles. The van der Waals surface area contributed by atoms with Crippen molar-refractivity contribution >= 4 is 5.91 Å². The minimum absolute atomic E-state index is 0.110. The quantitative estimate of drug-likeness (QED) is 0.803. The van der Waals surface area contributed by atoms with E-state index in [1.54, 1.807) is 13.3 Å². The SMILES string of the molecule is COCCC1COC2(CCCN(C(=O)CCc3cccnc3)C2)C1. The Hall–Kier alpha value is -1.46. The van der Waals surface area contributed by atoms with Gasteiger partial charge in [0.15, 0.2) is 0 Å². The summed E-state index contributed by atoms with van der Waals surface area (Å²) in [5.74, 6) is 0.803. The molecule has 2 fully saturated rings. The Kier molecular flexibility index (Phi) is 5.85. The van der Waals surface area contributed by atoms with Crippen molar-refractivity contribution in [1.29, 1.82) is 0 Å². The van der Waals surface area contributed by atoms with Crippen LogP contribution < -0.4 is 0 Å². The van der Waals surface area contributed by atoms with Crippen molar-refractivity contribution in [3.8, 4) is 0 Å².